The van der Waals surface area contributed by atoms with E-state index in [1.165, 1.54) is 0 Å². The number of carbonyl (C=O) groups is 1. The van der Waals surface area contributed by atoms with Gasteiger partial charge in [0.2, 0.25) is 5.91 Å². The maximum Gasteiger partial charge on any atom is 0.223 e. The van der Waals surface area contributed by atoms with Crippen molar-refractivity contribution in [1.82, 2.24) is 10.2 Å². The summed E-state index contributed by atoms with van der Waals surface area (Å²) in [5, 5.41) is 23.1. The number of aliphatic hydroxyl groups excluding tert-OH is 2. The second-order valence-electron chi connectivity index (χ2n) is 7.82. The zero-order chi connectivity index (χ0) is 17.1. The largest absolute Gasteiger partial charge is 0.394 e. The predicted octanol–water partition coefficient (Wildman–Crippen LogP) is 0.514. The Kier molecular flexibility index (Phi) is 6.13. The quantitative estimate of drug-likeness (QED) is 0.679. The molecule has 4 unspecified atom stereocenters. The minimum absolute atomic E-state index is 0.115. The van der Waals surface area contributed by atoms with Gasteiger partial charge in [0.05, 0.1) is 18.8 Å². The molecule has 2 saturated heterocycles. The molecular weight excluding hydrogens is 308 g/mol. The molecule has 0 aromatic carbocycles. The van der Waals surface area contributed by atoms with Gasteiger partial charge in [-0.25, -0.2) is 0 Å². The summed E-state index contributed by atoms with van der Waals surface area (Å²) in [6, 6.07) is -0.140. The molecule has 0 bridgehead atoms. The van der Waals surface area contributed by atoms with Gasteiger partial charge in [-0.15, -0.1) is 0 Å². The van der Waals surface area contributed by atoms with Crippen LogP contribution in [0.2, 0.25) is 0 Å². The Balaban J connectivity index is 1.59. The normalized spacial score (nSPS) is 36.3. The molecule has 2 heterocycles. The first kappa shape index (κ1) is 18.1. The second kappa shape index (κ2) is 8.13. The smallest absolute Gasteiger partial charge is 0.223 e. The van der Waals surface area contributed by atoms with Crippen LogP contribution < -0.4 is 5.32 Å². The maximum absolute atomic E-state index is 12.3. The van der Waals surface area contributed by atoms with Crippen LogP contribution in [0, 0.1) is 11.8 Å². The molecule has 2 aliphatic heterocycles. The molecule has 1 saturated carbocycles. The van der Waals surface area contributed by atoms with E-state index in [2.05, 4.69) is 17.1 Å². The number of aliphatic hydroxyl groups is 2. The molecule has 0 aromatic rings. The second-order valence-corrected chi connectivity index (χ2v) is 7.82. The molecule has 4 atom stereocenters. The summed E-state index contributed by atoms with van der Waals surface area (Å²) < 4.78 is 5.87. The number of hydrogen-bond acceptors (Lipinski definition) is 5. The fraction of sp³-hybridized carbons (Fsp3) is 0.944. The first-order valence-electron chi connectivity index (χ1n) is 9.56. The number of rotatable bonds is 5. The zero-order valence-corrected chi connectivity index (χ0v) is 14.7. The van der Waals surface area contributed by atoms with Crippen molar-refractivity contribution in [3.05, 3.63) is 0 Å². The molecule has 6 nitrogen and oxygen atoms in total. The summed E-state index contributed by atoms with van der Waals surface area (Å²) in [4.78, 5) is 14.6. The first-order valence-corrected chi connectivity index (χ1v) is 9.56. The Hall–Kier alpha value is -0.690. The van der Waals surface area contributed by atoms with Gasteiger partial charge in [-0.1, -0.05) is 19.8 Å². The van der Waals surface area contributed by atoms with Crippen LogP contribution in [0.4, 0.5) is 0 Å². The van der Waals surface area contributed by atoms with Crippen molar-refractivity contribution in [3.63, 3.8) is 0 Å². The number of hydrogen-bond donors (Lipinski definition) is 3. The number of ether oxygens (including phenoxy) is 1. The molecule has 3 rings (SSSR count). The van der Waals surface area contributed by atoms with E-state index >= 15 is 0 Å². The molecule has 0 aromatic heterocycles. The lowest BCUT2D eigenvalue weighted by atomic mass is 9.94. The molecule has 6 heteroatoms. The van der Waals surface area contributed by atoms with E-state index < -0.39 is 12.2 Å². The van der Waals surface area contributed by atoms with Crippen molar-refractivity contribution >= 4 is 5.91 Å². The Morgan fingerprint density at radius 3 is 2.46 bits per heavy atom. The lowest BCUT2D eigenvalue weighted by Crippen LogP contribution is -2.53. The van der Waals surface area contributed by atoms with Gasteiger partial charge in [0, 0.05) is 12.5 Å². The Morgan fingerprint density at radius 2 is 1.83 bits per heavy atom. The van der Waals surface area contributed by atoms with Gasteiger partial charge < -0.3 is 20.3 Å². The van der Waals surface area contributed by atoms with E-state index in [1.54, 1.807) is 0 Å². The highest BCUT2D eigenvalue weighted by Gasteiger charge is 2.46. The number of likely N-dealkylation sites (tertiary alicyclic amines) is 1. The van der Waals surface area contributed by atoms with Crippen molar-refractivity contribution in [2.75, 3.05) is 26.2 Å². The van der Waals surface area contributed by atoms with Gasteiger partial charge in [0.25, 0.3) is 0 Å². The van der Waals surface area contributed by atoms with Gasteiger partial charge in [-0.05, 0) is 44.7 Å². The number of amides is 1. The third-order valence-electron chi connectivity index (χ3n) is 6.08. The number of piperidine rings is 1. The molecule has 0 spiro atoms. The molecule has 3 N–H and O–H groups in total. The Morgan fingerprint density at radius 1 is 1.17 bits per heavy atom. The van der Waals surface area contributed by atoms with Crippen LogP contribution in [-0.4, -0.2) is 71.6 Å². The van der Waals surface area contributed by atoms with Gasteiger partial charge in [0.15, 0.2) is 0 Å². The third-order valence-corrected chi connectivity index (χ3v) is 6.08. The maximum atomic E-state index is 12.3. The highest BCUT2D eigenvalue weighted by Crippen LogP contribution is 2.30. The summed E-state index contributed by atoms with van der Waals surface area (Å²) in [5.41, 5.74) is 0. The lowest BCUT2D eigenvalue weighted by molar-refractivity contribution is -0.125. The Labute approximate surface area is 144 Å². The van der Waals surface area contributed by atoms with Crippen molar-refractivity contribution in [2.24, 2.45) is 11.8 Å². The minimum atomic E-state index is -0.697. The van der Waals surface area contributed by atoms with Crippen molar-refractivity contribution < 1.29 is 19.7 Å². The minimum Gasteiger partial charge on any atom is -0.394 e. The SMILES string of the molecule is CC1CCN(C2C(CNC(=O)C3CCCC3)OC(CO)C2O)CC1. The van der Waals surface area contributed by atoms with Crippen LogP contribution in [0.25, 0.3) is 0 Å². The van der Waals surface area contributed by atoms with Crippen molar-refractivity contribution in [2.45, 2.75) is 69.8 Å². The molecule has 1 aliphatic carbocycles. The molecule has 1 amide bonds. The highest BCUT2D eigenvalue weighted by atomic mass is 16.5. The van der Waals surface area contributed by atoms with Crippen LogP contribution in [-0.2, 0) is 9.53 Å². The molecular formula is C18H32N2O4. The fourth-order valence-electron chi connectivity index (χ4n) is 4.46. The molecule has 3 fully saturated rings. The summed E-state index contributed by atoms with van der Waals surface area (Å²) in [5.74, 6) is 0.971. The third kappa shape index (κ3) is 3.93. The molecule has 138 valence electrons. The Bertz CT molecular complexity index is 419. The summed E-state index contributed by atoms with van der Waals surface area (Å²) in [7, 11) is 0. The molecule has 0 radical (unpaired) electrons. The van der Waals surface area contributed by atoms with Crippen LogP contribution in [0.5, 0.6) is 0 Å². The van der Waals surface area contributed by atoms with Crippen LogP contribution in [0.1, 0.15) is 45.4 Å². The van der Waals surface area contributed by atoms with E-state index in [0.717, 1.165) is 57.5 Å². The van der Waals surface area contributed by atoms with Gasteiger partial charge in [0.1, 0.15) is 12.2 Å². The first-order chi connectivity index (χ1) is 11.6. The van der Waals surface area contributed by atoms with E-state index in [-0.39, 0.29) is 30.6 Å². The van der Waals surface area contributed by atoms with E-state index in [1.807, 2.05) is 0 Å². The average molecular weight is 340 g/mol. The van der Waals surface area contributed by atoms with E-state index in [4.69, 9.17) is 4.74 Å². The van der Waals surface area contributed by atoms with Crippen LogP contribution in [0.15, 0.2) is 0 Å². The summed E-state index contributed by atoms with van der Waals surface area (Å²) in [6.45, 7) is 4.37. The number of nitrogens with one attached hydrogen (secondary N) is 1. The number of carbonyl (C=O) groups excluding carboxylic acids is 1. The average Bonchev–Trinajstić information content (AvgIpc) is 3.22. The highest BCUT2D eigenvalue weighted by molar-refractivity contribution is 5.78. The molecule has 24 heavy (non-hydrogen) atoms. The van der Waals surface area contributed by atoms with Gasteiger partial charge >= 0.3 is 0 Å². The standard InChI is InChI=1S/C18H32N2O4/c1-12-6-8-20(9-7-12)16-14(24-15(11-21)17(16)22)10-19-18(23)13-4-2-3-5-13/h12-17,21-22H,2-11H2,1H3,(H,19,23). The fourth-order valence-corrected chi connectivity index (χ4v) is 4.46. The van der Waals surface area contributed by atoms with Gasteiger partial charge in [-0.3, -0.25) is 9.69 Å². The summed E-state index contributed by atoms with van der Waals surface area (Å²) in [6.07, 6.45) is 4.97. The lowest BCUT2D eigenvalue weighted by Gasteiger charge is -2.38. The van der Waals surface area contributed by atoms with Crippen LogP contribution >= 0.6 is 0 Å². The van der Waals surface area contributed by atoms with Gasteiger partial charge in [-0.2, -0.15) is 0 Å². The summed E-state index contributed by atoms with van der Waals surface area (Å²) >= 11 is 0. The van der Waals surface area contributed by atoms with Crippen LogP contribution in [0.3, 0.4) is 0 Å². The monoisotopic (exact) mass is 340 g/mol. The number of nitrogens with zero attached hydrogens (tertiary/aromatic N) is 1. The predicted molar refractivity (Wildman–Crippen MR) is 90.5 cm³/mol. The van der Waals surface area contributed by atoms with E-state index in [0.29, 0.717) is 6.54 Å². The topological polar surface area (TPSA) is 82.0 Å². The molecule has 3 aliphatic rings. The van der Waals surface area contributed by atoms with E-state index in [9.17, 15) is 15.0 Å². The van der Waals surface area contributed by atoms with Crippen molar-refractivity contribution in [3.8, 4) is 0 Å². The zero-order valence-electron chi connectivity index (χ0n) is 14.7. The van der Waals surface area contributed by atoms with Crippen molar-refractivity contribution in [1.29, 1.82) is 0 Å².